The van der Waals surface area contributed by atoms with Gasteiger partial charge in [0.1, 0.15) is 28.9 Å². The molecule has 2 fully saturated rings. The van der Waals surface area contributed by atoms with E-state index in [0.717, 1.165) is 4.31 Å². The fourth-order valence-electron chi connectivity index (χ4n) is 5.16. The number of nitrogens with one attached hydrogen (secondary N) is 1. The second kappa shape index (κ2) is 9.37. The highest BCUT2D eigenvalue weighted by atomic mass is 32.2. The summed E-state index contributed by atoms with van der Waals surface area (Å²) >= 11 is 0. The van der Waals surface area contributed by atoms with Gasteiger partial charge in [0.2, 0.25) is 10.0 Å². The number of hydrogen-bond donors (Lipinski definition) is 2. The van der Waals surface area contributed by atoms with Crippen molar-refractivity contribution in [1.82, 2.24) is 4.31 Å². The van der Waals surface area contributed by atoms with E-state index in [4.69, 9.17) is 9.15 Å². The van der Waals surface area contributed by atoms with Gasteiger partial charge in [0, 0.05) is 24.7 Å². The molecule has 0 radical (unpaired) electrons. The fraction of sp³-hybridized carbons (Fsp3) is 0.423. The van der Waals surface area contributed by atoms with E-state index < -0.39 is 38.9 Å². The highest BCUT2D eigenvalue weighted by Crippen LogP contribution is 2.44. The normalized spacial score (nSPS) is 20.2. The van der Waals surface area contributed by atoms with Crippen LogP contribution in [0.2, 0.25) is 0 Å². The first-order chi connectivity index (χ1) is 17.9. The van der Waals surface area contributed by atoms with Crippen LogP contribution in [0.3, 0.4) is 0 Å². The maximum absolute atomic E-state index is 13.3. The van der Waals surface area contributed by atoms with Crippen molar-refractivity contribution in [3.8, 4) is 0 Å². The average Bonchev–Trinajstić information content (AvgIpc) is 3.54. The van der Waals surface area contributed by atoms with Crippen molar-refractivity contribution in [1.29, 1.82) is 0 Å². The third-order valence-electron chi connectivity index (χ3n) is 7.42. The molecule has 2 N–H and O–H groups in total. The molecule has 0 spiro atoms. The Bertz CT molecular complexity index is 1570. The number of carboxylic acid groups (broad SMARTS) is 1. The van der Waals surface area contributed by atoms with Gasteiger partial charge in [-0.05, 0) is 50.1 Å². The van der Waals surface area contributed by atoms with Crippen molar-refractivity contribution in [3.63, 3.8) is 0 Å². The van der Waals surface area contributed by atoms with Crippen LogP contribution in [0.1, 0.15) is 37.3 Å². The molecule has 11 nitrogen and oxygen atoms in total. The molecule has 1 aromatic heterocycles. The van der Waals surface area contributed by atoms with Crippen LogP contribution in [-0.4, -0.2) is 56.6 Å². The number of ether oxygens (including phenoxy) is 1. The molecule has 3 aromatic rings. The van der Waals surface area contributed by atoms with Gasteiger partial charge in [-0.25, -0.2) is 8.42 Å². The van der Waals surface area contributed by atoms with Gasteiger partial charge in [-0.3, -0.25) is 14.4 Å². The molecular formula is C26H29N3O8S. The number of carboxylic acids is 1. The summed E-state index contributed by atoms with van der Waals surface area (Å²) in [6.45, 7) is 4.82. The average molecular weight is 544 g/mol. The molecule has 38 heavy (non-hydrogen) atoms. The van der Waals surface area contributed by atoms with Gasteiger partial charge in [-0.15, -0.1) is 0 Å². The number of aryl methyl sites for hydroxylation is 1. The number of hydrogen-bond acceptors (Lipinski definition) is 9. The number of anilines is 3. The largest absolute Gasteiger partial charge is 0.480 e. The molecule has 5 rings (SSSR count). The van der Waals surface area contributed by atoms with Crippen molar-refractivity contribution >= 4 is 33.1 Å². The van der Waals surface area contributed by atoms with E-state index >= 15 is 0 Å². The van der Waals surface area contributed by atoms with Crippen LogP contribution in [0.4, 0.5) is 17.1 Å². The van der Waals surface area contributed by atoms with Crippen molar-refractivity contribution < 1.29 is 27.5 Å². The van der Waals surface area contributed by atoms with E-state index in [9.17, 15) is 27.9 Å². The smallest absolute Gasteiger partial charge is 0.322 e. The molecule has 0 aliphatic carbocycles. The number of furan rings is 1. The van der Waals surface area contributed by atoms with Crippen LogP contribution in [0.25, 0.3) is 0 Å². The van der Waals surface area contributed by atoms with E-state index in [1.807, 2.05) is 26.0 Å². The van der Waals surface area contributed by atoms with Gasteiger partial charge >= 0.3 is 5.97 Å². The number of carbonyl (C=O) groups is 1. The second-order valence-corrected chi connectivity index (χ2v) is 12.1. The topological polar surface area (TPSA) is 146 Å². The van der Waals surface area contributed by atoms with Gasteiger partial charge in [0.05, 0.1) is 24.2 Å². The van der Waals surface area contributed by atoms with Gasteiger partial charge in [0.15, 0.2) is 0 Å². The Morgan fingerprint density at radius 1 is 1.21 bits per heavy atom. The summed E-state index contributed by atoms with van der Waals surface area (Å²) < 4.78 is 38.8. The quantitative estimate of drug-likeness (QED) is 0.386. The first-order valence-electron chi connectivity index (χ1n) is 12.3. The van der Waals surface area contributed by atoms with E-state index in [2.05, 4.69) is 5.32 Å². The van der Waals surface area contributed by atoms with Crippen LogP contribution in [-0.2, 0) is 19.6 Å². The molecule has 0 amide bonds. The van der Waals surface area contributed by atoms with Crippen LogP contribution in [0.5, 0.6) is 0 Å². The monoisotopic (exact) mass is 543 g/mol. The minimum Gasteiger partial charge on any atom is -0.480 e. The molecule has 2 aliphatic heterocycles. The van der Waals surface area contributed by atoms with Crippen molar-refractivity contribution in [2.75, 3.05) is 37.0 Å². The van der Waals surface area contributed by atoms with Crippen LogP contribution in [0, 0.1) is 12.3 Å². The maximum atomic E-state index is 13.3. The summed E-state index contributed by atoms with van der Waals surface area (Å²) in [5.74, 6) is 0.131. The molecule has 2 atom stereocenters. The summed E-state index contributed by atoms with van der Waals surface area (Å²) in [6.07, 6.45) is 0.696. The number of aliphatic carboxylic acids is 1. The third-order valence-corrected chi connectivity index (χ3v) is 9.32. The third kappa shape index (κ3) is 4.22. The highest BCUT2D eigenvalue weighted by Gasteiger charge is 2.45. The number of sulfonamides is 1. The molecule has 0 bridgehead atoms. The summed E-state index contributed by atoms with van der Waals surface area (Å²) in [4.78, 5) is 38.4. The SMILES string of the molecule is Cc1ccc(C(Nc2c(N(C)c3cccc(S(=O)(=O)N4CCC[C@@H]4C(=O)O)c3)c(=O)c2=O)C2(C)COC2)o1. The van der Waals surface area contributed by atoms with E-state index in [0.29, 0.717) is 36.8 Å². The lowest BCUT2D eigenvalue weighted by Gasteiger charge is -2.44. The Kier molecular flexibility index (Phi) is 6.44. The Labute approximate surface area is 219 Å². The summed E-state index contributed by atoms with van der Waals surface area (Å²) in [6, 6.07) is 7.99. The summed E-state index contributed by atoms with van der Waals surface area (Å²) in [7, 11) is -2.52. The van der Waals surface area contributed by atoms with Gasteiger partial charge in [0.25, 0.3) is 10.9 Å². The van der Waals surface area contributed by atoms with Gasteiger partial charge in [-0.2, -0.15) is 4.31 Å². The zero-order chi connectivity index (χ0) is 27.4. The fourth-order valence-corrected chi connectivity index (χ4v) is 6.85. The van der Waals surface area contributed by atoms with Crippen molar-refractivity contribution in [2.45, 2.75) is 43.7 Å². The summed E-state index contributed by atoms with van der Waals surface area (Å²) in [5, 5.41) is 12.7. The lowest BCUT2D eigenvalue weighted by Crippen LogP contribution is -2.49. The van der Waals surface area contributed by atoms with Gasteiger partial charge < -0.3 is 24.5 Å². The zero-order valence-electron chi connectivity index (χ0n) is 21.3. The molecule has 3 heterocycles. The lowest BCUT2D eigenvalue weighted by atomic mass is 9.79. The van der Waals surface area contributed by atoms with Crippen molar-refractivity contribution in [3.05, 3.63) is 68.4 Å². The molecule has 202 valence electrons. The van der Waals surface area contributed by atoms with E-state index in [1.54, 1.807) is 13.1 Å². The van der Waals surface area contributed by atoms with Crippen LogP contribution in [0.15, 0.2) is 55.3 Å². The number of nitrogens with zero attached hydrogens (tertiary/aromatic N) is 2. The molecule has 0 saturated carbocycles. The number of benzene rings is 1. The Hall–Kier alpha value is -3.48. The minimum atomic E-state index is -4.09. The Morgan fingerprint density at radius 3 is 2.55 bits per heavy atom. The van der Waals surface area contributed by atoms with E-state index in [1.165, 1.54) is 23.1 Å². The maximum Gasteiger partial charge on any atom is 0.322 e. The number of rotatable bonds is 9. The highest BCUT2D eigenvalue weighted by molar-refractivity contribution is 7.89. The Morgan fingerprint density at radius 2 is 1.95 bits per heavy atom. The predicted octanol–water partition coefficient (Wildman–Crippen LogP) is 2.38. The molecule has 12 heteroatoms. The molecule has 2 saturated heterocycles. The molecule has 2 aliphatic rings. The summed E-state index contributed by atoms with van der Waals surface area (Å²) in [5.41, 5.74) is -1.16. The lowest BCUT2D eigenvalue weighted by molar-refractivity contribution is -0.140. The first-order valence-corrected chi connectivity index (χ1v) is 13.7. The zero-order valence-corrected chi connectivity index (χ0v) is 22.1. The first kappa shape index (κ1) is 26.1. The minimum absolute atomic E-state index is 0.0914. The standard InChI is InChI=1S/C26H29N3O8S/c1-15-9-10-19(37-15)24(26(2)13-36-14-26)27-20-21(23(31)22(20)30)28(3)16-6-4-7-17(12-16)38(34,35)29-11-5-8-18(29)25(32)33/h4,6-7,9-10,12,18,24,27H,5,8,11,13-14H2,1-3H3,(H,32,33)/t18-,24?/m1/s1. The molecule has 2 aromatic carbocycles. The molecule has 1 unspecified atom stereocenters. The van der Waals surface area contributed by atoms with Crippen molar-refractivity contribution in [2.24, 2.45) is 5.41 Å². The second-order valence-electron chi connectivity index (χ2n) is 10.2. The van der Waals surface area contributed by atoms with E-state index in [-0.39, 0.29) is 34.7 Å². The molecular weight excluding hydrogens is 514 g/mol. The van der Waals surface area contributed by atoms with Crippen LogP contribution >= 0.6 is 0 Å². The van der Waals surface area contributed by atoms with Gasteiger partial charge in [-0.1, -0.05) is 13.0 Å². The Balaban J connectivity index is 1.47. The van der Waals surface area contributed by atoms with Crippen LogP contribution < -0.4 is 21.1 Å². The predicted molar refractivity (Wildman–Crippen MR) is 139 cm³/mol.